The number of aromatic nitrogens is 2. The highest BCUT2D eigenvalue weighted by atomic mass is 16.2. The number of amides is 2. The molecule has 0 spiro atoms. The summed E-state index contributed by atoms with van der Waals surface area (Å²) in [5.41, 5.74) is 4.24. The SMILES string of the molecule is CN(C)c1ccc2c(Nc3ccc(NC(=O)Nc4ccccc4)cc3)ncnc2c1. The Morgan fingerprint density at radius 2 is 1.47 bits per heavy atom. The van der Waals surface area contributed by atoms with Crippen molar-refractivity contribution in [3.63, 3.8) is 0 Å². The summed E-state index contributed by atoms with van der Waals surface area (Å²) < 4.78 is 0. The predicted molar refractivity (Wildman–Crippen MR) is 123 cm³/mol. The van der Waals surface area contributed by atoms with Crippen molar-refractivity contribution in [1.29, 1.82) is 0 Å². The van der Waals surface area contributed by atoms with E-state index in [4.69, 9.17) is 0 Å². The maximum atomic E-state index is 12.1. The molecule has 3 aromatic carbocycles. The highest BCUT2D eigenvalue weighted by Gasteiger charge is 2.07. The van der Waals surface area contributed by atoms with Crippen molar-refractivity contribution in [1.82, 2.24) is 9.97 Å². The molecule has 1 aromatic heterocycles. The van der Waals surface area contributed by atoms with Gasteiger partial charge < -0.3 is 20.9 Å². The Kier molecular flexibility index (Phi) is 5.43. The zero-order valence-corrected chi connectivity index (χ0v) is 16.8. The van der Waals surface area contributed by atoms with Gasteiger partial charge in [0.2, 0.25) is 0 Å². The minimum absolute atomic E-state index is 0.291. The summed E-state index contributed by atoms with van der Waals surface area (Å²) in [6, 6.07) is 22.5. The molecule has 2 amide bonds. The molecule has 0 atom stereocenters. The Balaban J connectivity index is 1.45. The fourth-order valence-corrected chi connectivity index (χ4v) is 3.01. The predicted octanol–water partition coefficient (Wildman–Crippen LogP) is 5.08. The second kappa shape index (κ2) is 8.48. The number of carbonyl (C=O) groups is 1. The van der Waals surface area contributed by atoms with Gasteiger partial charge in [0.25, 0.3) is 0 Å². The van der Waals surface area contributed by atoms with E-state index in [-0.39, 0.29) is 6.03 Å². The van der Waals surface area contributed by atoms with Crippen molar-refractivity contribution in [2.75, 3.05) is 34.9 Å². The summed E-state index contributed by atoms with van der Waals surface area (Å²) >= 11 is 0. The average Bonchev–Trinajstić information content (AvgIpc) is 2.75. The van der Waals surface area contributed by atoms with Gasteiger partial charge >= 0.3 is 6.03 Å². The van der Waals surface area contributed by atoms with Gasteiger partial charge in [0.05, 0.1) is 5.52 Å². The van der Waals surface area contributed by atoms with Crippen molar-refractivity contribution >= 4 is 45.5 Å². The zero-order chi connectivity index (χ0) is 20.9. The standard InChI is InChI=1S/C23H22N6O/c1-29(2)19-12-13-20-21(14-19)24-15-25-22(20)26-17-8-10-18(11-9-17)28-23(30)27-16-6-4-3-5-7-16/h3-15H,1-2H3,(H,24,25,26)(H2,27,28,30). The van der Waals surface area contributed by atoms with Crippen LogP contribution in [0.3, 0.4) is 0 Å². The van der Waals surface area contributed by atoms with Gasteiger partial charge in [-0.05, 0) is 54.6 Å². The van der Waals surface area contributed by atoms with Gasteiger partial charge in [0.15, 0.2) is 0 Å². The molecule has 7 heteroatoms. The van der Waals surface area contributed by atoms with E-state index in [0.29, 0.717) is 5.69 Å². The fraction of sp³-hybridized carbons (Fsp3) is 0.0870. The number of para-hydroxylation sites is 1. The van der Waals surface area contributed by atoms with Crippen LogP contribution in [0.2, 0.25) is 0 Å². The number of carbonyl (C=O) groups excluding carboxylic acids is 1. The Labute approximate surface area is 174 Å². The van der Waals surface area contributed by atoms with Crippen molar-refractivity contribution in [2.24, 2.45) is 0 Å². The minimum Gasteiger partial charge on any atom is -0.378 e. The van der Waals surface area contributed by atoms with Crippen LogP contribution >= 0.6 is 0 Å². The van der Waals surface area contributed by atoms with Gasteiger partial charge in [-0.25, -0.2) is 14.8 Å². The lowest BCUT2D eigenvalue weighted by molar-refractivity contribution is 0.262. The third-order valence-electron chi connectivity index (χ3n) is 4.57. The average molecular weight is 398 g/mol. The maximum Gasteiger partial charge on any atom is 0.323 e. The third kappa shape index (κ3) is 4.47. The van der Waals surface area contributed by atoms with E-state index >= 15 is 0 Å². The molecule has 150 valence electrons. The molecule has 0 aliphatic rings. The van der Waals surface area contributed by atoms with Gasteiger partial charge in [-0.3, -0.25) is 0 Å². The molecular weight excluding hydrogens is 376 g/mol. The number of nitrogens with one attached hydrogen (secondary N) is 3. The van der Waals surface area contributed by atoms with Gasteiger partial charge in [0.1, 0.15) is 12.1 Å². The molecule has 3 N–H and O–H groups in total. The smallest absolute Gasteiger partial charge is 0.323 e. The maximum absolute atomic E-state index is 12.1. The van der Waals surface area contributed by atoms with Crippen LogP contribution in [-0.2, 0) is 0 Å². The first kappa shape index (κ1) is 19.2. The fourth-order valence-electron chi connectivity index (χ4n) is 3.01. The highest BCUT2D eigenvalue weighted by molar-refractivity contribution is 6.00. The van der Waals surface area contributed by atoms with Crippen LogP contribution in [0.15, 0.2) is 79.1 Å². The quantitative estimate of drug-likeness (QED) is 0.437. The lowest BCUT2D eigenvalue weighted by Crippen LogP contribution is -2.19. The molecule has 30 heavy (non-hydrogen) atoms. The molecular formula is C23H22N6O. The van der Waals surface area contributed by atoms with E-state index < -0.39 is 0 Å². The van der Waals surface area contributed by atoms with Crippen LogP contribution in [-0.4, -0.2) is 30.1 Å². The van der Waals surface area contributed by atoms with Crippen molar-refractivity contribution in [3.8, 4) is 0 Å². The molecule has 1 heterocycles. The number of anilines is 5. The topological polar surface area (TPSA) is 82.2 Å². The van der Waals surface area contributed by atoms with Crippen molar-refractivity contribution in [3.05, 3.63) is 79.1 Å². The van der Waals surface area contributed by atoms with Crippen molar-refractivity contribution in [2.45, 2.75) is 0 Å². The molecule has 0 unspecified atom stereocenters. The molecule has 0 fully saturated rings. The molecule has 0 saturated heterocycles. The summed E-state index contributed by atoms with van der Waals surface area (Å²) in [5.74, 6) is 0.729. The monoisotopic (exact) mass is 398 g/mol. The van der Waals surface area contributed by atoms with Crippen LogP contribution in [0.5, 0.6) is 0 Å². The van der Waals surface area contributed by atoms with Crippen LogP contribution in [0.25, 0.3) is 10.9 Å². The molecule has 0 aliphatic carbocycles. The molecule has 0 saturated carbocycles. The summed E-state index contributed by atoms with van der Waals surface area (Å²) in [6.07, 6.45) is 1.55. The molecule has 0 aliphatic heterocycles. The minimum atomic E-state index is -0.291. The number of nitrogens with zero attached hydrogens (tertiary/aromatic N) is 3. The normalized spacial score (nSPS) is 10.5. The van der Waals surface area contributed by atoms with Gasteiger partial charge in [-0.15, -0.1) is 0 Å². The van der Waals surface area contributed by atoms with Gasteiger partial charge in [0, 0.05) is 42.2 Å². The Morgan fingerprint density at radius 3 is 2.17 bits per heavy atom. The van der Waals surface area contributed by atoms with E-state index in [1.54, 1.807) is 6.33 Å². The highest BCUT2D eigenvalue weighted by Crippen LogP contribution is 2.26. The third-order valence-corrected chi connectivity index (χ3v) is 4.57. The summed E-state index contributed by atoms with van der Waals surface area (Å²) in [6.45, 7) is 0. The van der Waals surface area contributed by atoms with Crippen LogP contribution in [0.4, 0.5) is 33.4 Å². The second-order valence-electron chi connectivity index (χ2n) is 6.97. The van der Waals surface area contributed by atoms with Crippen LogP contribution in [0, 0.1) is 0 Å². The number of hydrogen-bond acceptors (Lipinski definition) is 5. The summed E-state index contributed by atoms with van der Waals surface area (Å²) in [7, 11) is 3.99. The summed E-state index contributed by atoms with van der Waals surface area (Å²) in [4.78, 5) is 22.9. The zero-order valence-electron chi connectivity index (χ0n) is 16.8. The van der Waals surface area contributed by atoms with E-state index in [1.807, 2.05) is 91.8 Å². The Hall–Kier alpha value is -4.13. The number of rotatable bonds is 5. The van der Waals surface area contributed by atoms with Crippen molar-refractivity contribution < 1.29 is 4.79 Å². The lowest BCUT2D eigenvalue weighted by Gasteiger charge is -2.14. The van der Waals surface area contributed by atoms with Gasteiger partial charge in [-0.1, -0.05) is 18.2 Å². The van der Waals surface area contributed by atoms with E-state index in [0.717, 1.165) is 33.8 Å². The van der Waals surface area contributed by atoms with Crippen LogP contribution < -0.4 is 20.9 Å². The first-order valence-electron chi connectivity index (χ1n) is 9.51. The first-order valence-corrected chi connectivity index (χ1v) is 9.51. The number of hydrogen-bond donors (Lipinski definition) is 3. The molecule has 4 aromatic rings. The van der Waals surface area contributed by atoms with E-state index in [2.05, 4.69) is 25.9 Å². The first-order chi connectivity index (χ1) is 14.6. The number of urea groups is 1. The Bertz CT molecular complexity index is 1160. The molecule has 0 bridgehead atoms. The second-order valence-corrected chi connectivity index (χ2v) is 6.97. The van der Waals surface area contributed by atoms with Crippen LogP contribution in [0.1, 0.15) is 0 Å². The largest absolute Gasteiger partial charge is 0.378 e. The molecule has 4 rings (SSSR count). The molecule has 0 radical (unpaired) electrons. The number of benzene rings is 3. The van der Waals surface area contributed by atoms with Gasteiger partial charge in [-0.2, -0.15) is 0 Å². The summed E-state index contributed by atoms with van der Waals surface area (Å²) in [5, 5.41) is 9.87. The van der Waals surface area contributed by atoms with E-state index in [9.17, 15) is 4.79 Å². The lowest BCUT2D eigenvalue weighted by atomic mass is 10.2. The number of fused-ring (bicyclic) bond motifs is 1. The van der Waals surface area contributed by atoms with E-state index in [1.165, 1.54) is 0 Å². The molecule has 7 nitrogen and oxygen atoms in total. The Morgan fingerprint density at radius 1 is 0.800 bits per heavy atom.